The van der Waals surface area contributed by atoms with Gasteiger partial charge >= 0.3 is 0 Å². The van der Waals surface area contributed by atoms with Crippen molar-refractivity contribution >= 4 is 5.91 Å². The van der Waals surface area contributed by atoms with E-state index in [1.807, 2.05) is 4.90 Å². The molecule has 0 N–H and O–H groups in total. The number of hydrogen-bond donors (Lipinski definition) is 0. The van der Waals surface area contributed by atoms with E-state index in [2.05, 4.69) is 18.9 Å². The van der Waals surface area contributed by atoms with Crippen LogP contribution in [0.3, 0.4) is 0 Å². The van der Waals surface area contributed by atoms with Crippen LogP contribution >= 0.6 is 0 Å². The molecule has 4 heteroatoms. The highest BCUT2D eigenvalue weighted by molar-refractivity contribution is 5.79. The van der Waals surface area contributed by atoms with E-state index < -0.39 is 0 Å². The lowest BCUT2D eigenvalue weighted by atomic mass is 9.97. The fourth-order valence-electron chi connectivity index (χ4n) is 2.59. The molecule has 2 atom stereocenters. The minimum atomic E-state index is 0.119. The van der Waals surface area contributed by atoms with Crippen molar-refractivity contribution in [3.8, 4) is 0 Å². The van der Waals surface area contributed by atoms with E-state index in [1.165, 1.54) is 0 Å². The molecule has 2 heterocycles. The number of likely N-dealkylation sites (N-methyl/N-ethyl adjacent to an activating group) is 1. The summed E-state index contributed by atoms with van der Waals surface area (Å²) in [7, 11) is 2.11. The lowest BCUT2D eigenvalue weighted by Crippen LogP contribution is -2.50. The zero-order valence-electron chi connectivity index (χ0n) is 10.3. The second kappa shape index (κ2) is 5.15. The third kappa shape index (κ3) is 2.38. The minimum absolute atomic E-state index is 0.119. The highest BCUT2D eigenvalue weighted by atomic mass is 16.5. The molecule has 2 fully saturated rings. The smallest absolute Gasteiger partial charge is 0.228 e. The van der Waals surface area contributed by atoms with Gasteiger partial charge in [-0.25, -0.2) is 0 Å². The maximum absolute atomic E-state index is 12.3. The van der Waals surface area contributed by atoms with Gasteiger partial charge in [-0.05, 0) is 19.9 Å². The molecule has 2 aliphatic rings. The van der Waals surface area contributed by atoms with E-state index in [-0.39, 0.29) is 12.0 Å². The van der Waals surface area contributed by atoms with E-state index in [1.54, 1.807) is 0 Å². The fourth-order valence-corrected chi connectivity index (χ4v) is 2.59. The largest absolute Gasteiger partial charge is 0.377 e. The summed E-state index contributed by atoms with van der Waals surface area (Å²) in [4.78, 5) is 16.6. The number of rotatable bonds is 2. The Labute approximate surface area is 97.5 Å². The van der Waals surface area contributed by atoms with E-state index in [0.717, 1.165) is 45.6 Å². The van der Waals surface area contributed by atoms with E-state index in [4.69, 9.17) is 4.74 Å². The van der Waals surface area contributed by atoms with Crippen molar-refractivity contribution in [2.45, 2.75) is 25.9 Å². The van der Waals surface area contributed by atoms with Crippen LogP contribution in [0.25, 0.3) is 0 Å². The van der Waals surface area contributed by atoms with Crippen LogP contribution in [0.4, 0.5) is 0 Å². The Morgan fingerprint density at radius 3 is 2.62 bits per heavy atom. The summed E-state index contributed by atoms with van der Waals surface area (Å²) in [5.74, 6) is 0.436. The van der Waals surface area contributed by atoms with Crippen molar-refractivity contribution in [3.05, 3.63) is 0 Å². The summed E-state index contributed by atoms with van der Waals surface area (Å²) in [6.45, 7) is 6.60. The van der Waals surface area contributed by atoms with Gasteiger partial charge in [-0.3, -0.25) is 4.79 Å². The van der Waals surface area contributed by atoms with Crippen LogP contribution in [0, 0.1) is 5.92 Å². The second-order valence-electron chi connectivity index (χ2n) is 4.84. The SMILES string of the molecule is CCC1OCCC1C(=O)N1CCN(C)CC1. The van der Waals surface area contributed by atoms with Gasteiger partial charge < -0.3 is 14.5 Å². The molecule has 0 saturated carbocycles. The van der Waals surface area contributed by atoms with E-state index in [0.29, 0.717) is 5.91 Å². The molecular formula is C12H22N2O2. The lowest BCUT2D eigenvalue weighted by molar-refractivity contribution is -0.138. The second-order valence-corrected chi connectivity index (χ2v) is 4.84. The maximum atomic E-state index is 12.3. The number of piperazine rings is 1. The topological polar surface area (TPSA) is 32.8 Å². The normalized spacial score (nSPS) is 32.0. The van der Waals surface area contributed by atoms with Gasteiger partial charge in [0.05, 0.1) is 12.0 Å². The molecule has 2 aliphatic heterocycles. The molecule has 2 unspecified atom stereocenters. The molecule has 0 aromatic rings. The predicted molar refractivity (Wildman–Crippen MR) is 62.2 cm³/mol. The Bertz CT molecular complexity index is 249. The van der Waals surface area contributed by atoms with Gasteiger partial charge in [-0.1, -0.05) is 6.92 Å². The summed E-state index contributed by atoms with van der Waals surface area (Å²) in [5.41, 5.74) is 0. The molecule has 0 aromatic heterocycles. The van der Waals surface area contributed by atoms with Crippen molar-refractivity contribution in [1.29, 1.82) is 0 Å². The van der Waals surface area contributed by atoms with Crippen LogP contribution < -0.4 is 0 Å². The first-order chi connectivity index (χ1) is 7.72. The predicted octanol–water partition coefficient (Wildman–Crippen LogP) is 0.575. The van der Waals surface area contributed by atoms with Gasteiger partial charge in [0.25, 0.3) is 0 Å². The molecule has 1 amide bonds. The fraction of sp³-hybridized carbons (Fsp3) is 0.917. The molecule has 92 valence electrons. The summed E-state index contributed by atoms with van der Waals surface area (Å²) in [6, 6.07) is 0. The van der Waals surface area contributed by atoms with Crippen molar-refractivity contribution in [2.24, 2.45) is 5.92 Å². The van der Waals surface area contributed by atoms with Crippen molar-refractivity contribution in [2.75, 3.05) is 39.8 Å². The van der Waals surface area contributed by atoms with Gasteiger partial charge in [0.2, 0.25) is 5.91 Å². The molecular weight excluding hydrogens is 204 g/mol. The average molecular weight is 226 g/mol. The number of carbonyl (C=O) groups is 1. The quantitative estimate of drug-likeness (QED) is 0.690. The van der Waals surface area contributed by atoms with Crippen LogP contribution in [-0.4, -0.2) is 61.6 Å². The Kier molecular flexibility index (Phi) is 3.82. The number of carbonyl (C=O) groups excluding carboxylic acids is 1. The monoisotopic (exact) mass is 226 g/mol. The molecule has 0 bridgehead atoms. The van der Waals surface area contributed by atoms with E-state index in [9.17, 15) is 4.79 Å². The van der Waals surface area contributed by atoms with Crippen molar-refractivity contribution < 1.29 is 9.53 Å². The zero-order chi connectivity index (χ0) is 11.5. The van der Waals surface area contributed by atoms with Crippen molar-refractivity contribution in [3.63, 3.8) is 0 Å². The Balaban J connectivity index is 1.91. The highest BCUT2D eigenvalue weighted by Crippen LogP contribution is 2.25. The Morgan fingerprint density at radius 2 is 2.00 bits per heavy atom. The van der Waals surface area contributed by atoms with Crippen molar-refractivity contribution in [1.82, 2.24) is 9.80 Å². The van der Waals surface area contributed by atoms with Gasteiger partial charge in [-0.15, -0.1) is 0 Å². The number of ether oxygens (including phenoxy) is 1. The number of hydrogen-bond acceptors (Lipinski definition) is 3. The average Bonchev–Trinajstić information content (AvgIpc) is 2.77. The molecule has 2 rings (SSSR count). The summed E-state index contributed by atoms with van der Waals surface area (Å²) >= 11 is 0. The van der Waals surface area contributed by atoms with Crippen LogP contribution in [0.2, 0.25) is 0 Å². The Morgan fingerprint density at radius 1 is 1.31 bits per heavy atom. The molecule has 0 aromatic carbocycles. The first kappa shape index (κ1) is 11.9. The molecule has 0 aliphatic carbocycles. The van der Waals surface area contributed by atoms with Gasteiger partial charge in [0.1, 0.15) is 0 Å². The standard InChI is InChI=1S/C12H22N2O2/c1-3-11-10(4-9-16-11)12(15)14-7-5-13(2)6-8-14/h10-11H,3-9H2,1-2H3. The van der Waals surface area contributed by atoms with E-state index >= 15 is 0 Å². The van der Waals surface area contributed by atoms with Crippen LogP contribution in [0.1, 0.15) is 19.8 Å². The van der Waals surface area contributed by atoms with Crippen LogP contribution in [0.5, 0.6) is 0 Å². The highest BCUT2D eigenvalue weighted by Gasteiger charge is 2.35. The minimum Gasteiger partial charge on any atom is -0.377 e. The number of amides is 1. The third-order valence-electron chi connectivity index (χ3n) is 3.74. The van der Waals surface area contributed by atoms with Gasteiger partial charge in [-0.2, -0.15) is 0 Å². The first-order valence-electron chi connectivity index (χ1n) is 6.31. The summed E-state index contributed by atoms with van der Waals surface area (Å²) < 4.78 is 5.59. The third-order valence-corrected chi connectivity index (χ3v) is 3.74. The van der Waals surface area contributed by atoms with Gasteiger partial charge in [0.15, 0.2) is 0 Å². The summed E-state index contributed by atoms with van der Waals surface area (Å²) in [6.07, 6.45) is 2.01. The Hall–Kier alpha value is -0.610. The molecule has 0 radical (unpaired) electrons. The summed E-state index contributed by atoms with van der Waals surface area (Å²) in [5, 5.41) is 0. The van der Waals surface area contributed by atoms with Gasteiger partial charge in [0, 0.05) is 32.8 Å². The molecule has 0 spiro atoms. The first-order valence-corrected chi connectivity index (χ1v) is 6.31. The lowest BCUT2D eigenvalue weighted by Gasteiger charge is -2.34. The molecule has 2 saturated heterocycles. The maximum Gasteiger partial charge on any atom is 0.228 e. The number of nitrogens with zero attached hydrogens (tertiary/aromatic N) is 2. The van der Waals surface area contributed by atoms with Crippen LogP contribution in [-0.2, 0) is 9.53 Å². The molecule has 16 heavy (non-hydrogen) atoms. The molecule has 4 nitrogen and oxygen atoms in total. The van der Waals surface area contributed by atoms with Crippen LogP contribution in [0.15, 0.2) is 0 Å². The zero-order valence-corrected chi connectivity index (χ0v) is 10.3.